The molecule has 0 aliphatic heterocycles. The predicted octanol–water partition coefficient (Wildman–Crippen LogP) is 16.8. The van der Waals surface area contributed by atoms with E-state index in [2.05, 4.69) is 240 Å². The van der Waals surface area contributed by atoms with E-state index in [1.807, 2.05) is 11.3 Å². The minimum Gasteiger partial charge on any atom is -0.310 e. The monoisotopic (exact) mass is 794 g/mol. The van der Waals surface area contributed by atoms with Gasteiger partial charge in [-0.05, 0) is 105 Å². The van der Waals surface area contributed by atoms with Crippen molar-refractivity contribution >= 4 is 81.1 Å². The molecule has 12 aromatic rings. The molecule has 2 nitrogen and oxygen atoms in total. The molecule has 0 radical (unpaired) electrons. The van der Waals surface area contributed by atoms with Crippen LogP contribution in [0.4, 0.5) is 17.1 Å². The first-order valence-electron chi connectivity index (χ1n) is 20.8. The summed E-state index contributed by atoms with van der Waals surface area (Å²) in [4.78, 5) is 2.43. The van der Waals surface area contributed by atoms with Gasteiger partial charge in [-0.1, -0.05) is 164 Å². The van der Waals surface area contributed by atoms with Crippen molar-refractivity contribution < 1.29 is 0 Å². The zero-order valence-corrected chi connectivity index (χ0v) is 34.1. The van der Waals surface area contributed by atoms with Crippen LogP contribution in [0, 0.1) is 0 Å². The molecule has 0 aliphatic carbocycles. The summed E-state index contributed by atoms with van der Waals surface area (Å²) in [5, 5.41) is 7.64. The maximum absolute atomic E-state index is 2.43. The van der Waals surface area contributed by atoms with Crippen LogP contribution in [0.2, 0.25) is 0 Å². The van der Waals surface area contributed by atoms with Crippen molar-refractivity contribution in [3.63, 3.8) is 0 Å². The molecule has 2 aromatic heterocycles. The van der Waals surface area contributed by atoms with E-state index >= 15 is 0 Å². The summed E-state index contributed by atoms with van der Waals surface area (Å²) in [6.45, 7) is 0. The molecular weight excluding hydrogens is 757 g/mol. The van der Waals surface area contributed by atoms with E-state index < -0.39 is 0 Å². The molecule has 286 valence electrons. The minimum absolute atomic E-state index is 1.09. The Hall–Kier alpha value is -7.72. The van der Waals surface area contributed by atoms with Gasteiger partial charge < -0.3 is 9.47 Å². The van der Waals surface area contributed by atoms with E-state index in [9.17, 15) is 0 Å². The molecule has 0 saturated carbocycles. The molecule has 61 heavy (non-hydrogen) atoms. The average Bonchev–Trinajstić information content (AvgIpc) is 3.87. The lowest BCUT2D eigenvalue weighted by Crippen LogP contribution is -2.11. The summed E-state index contributed by atoms with van der Waals surface area (Å²) in [6.07, 6.45) is 0. The van der Waals surface area contributed by atoms with Crippen molar-refractivity contribution in [3.8, 4) is 39.1 Å². The van der Waals surface area contributed by atoms with Gasteiger partial charge in [0, 0.05) is 53.6 Å². The topological polar surface area (TPSA) is 8.17 Å². The Labute approximate surface area is 358 Å². The Morgan fingerprint density at radius 3 is 1.75 bits per heavy atom. The Kier molecular flexibility index (Phi) is 8.39. The molecular formula is C58H38N2S. The third-order valence-corrected chi connectivity index (χ3v) is 13.3. The second-order valence-electron chi connectivity index (χ2n) is 15.7. The predicted molar refractivity (Wildman–Crippen MR) is 262 cm³/mol. The fraction of sp³-hybridized carbons (Fsp3) is 0. The second kappa shape index (κ2) is 14.5. The molecule has 2 heterocycles. The van der Waals surface area contributed by atoms with E-state index in [4.69, 9.17) is 0 Å². The van der Waals surface area contributed by atoms with Crippen LogP contribution in [0.5, 0.6) is 0 Å². The second-order valence-corrected chi connectivity index (χ2v) is 16.8. The highest BCUT2D eigenvalue weighted by atomic mass is 32.1. The molecule has 12 rings (SSSR count). The Balaban J connectivity index is 0.994. The zero-order valence-electron chi connectivity index (χ0n) is 33.2. The first-order valence-corrected chi connectivity index (χ1v) is 21.6. The van der Waals surface area contributed by atoms with Crippen LogP contribution in [-0.4, -0.2) is 4.57 Å². The first kappa shape index (κ1) is 35.2. The van der Waals surface area contributed by atoms with Gasteiger partial charge in [-0.15, -0.1) is 11.3 Å². The highest BCUT2D eigenvalue weighted by Crippen LogP contribution is 2.45. The maximum atomic E-state index is 2.43. The highest BCUT2D eigenvalue weighted by molar-refractivity contribution is 7.25. The van der Waals surface area contributed by atoms with Crippen LogP contribution < -0.4 is 4.90 Å². The molecule has 0 bridgehead atoms. The number of fused-ring (bicyclic) bond motifs is 7. The van der Waals surface area contributed by atoms with Crippen LogP contribution >= 0.6 is 11.3 Å². The third-order valence-electron chi connectivity index (χ3n) is 12.2. The number of benzene rings is 10. The van der Waals surface area contributed by atoms with Crippen molar-refractivity contribution in [2.24, 2.45) is 0 Å². The lowest BCUT2D eigenvalue weighted by atomic mass is 9.97. The van der Waals surface area contributed by atoms with Gasteiger partial charge in [0.25, 0.3) is 0 Å². The molecule has 0 spiro atoms. The molecule has 0 aliphatic rings. The van der Waals surface area contributed by atoms with Crippen LogP contribution in [0.1, 0.15) is 0 Å². The number of para-hydroxylation sites is 3. The maximum Gasteiger partial charge on any atom is 0.0541 e. The van der Waals surface area contributed by atoms with Crippen LogP contribution in [0.25, 0.3) is 91.8 Å². The van der Waals surface area contributed by atoms with Gasteiger partial charge in [-0.3, -0.25) is 0 Å². The number of anilines is 3. The number of hydrogen-bond acceptors (Lipinski definition) is 2. The van der Waals surface area contributed by atoms with Crippen molar-refractivity contribution in [2.75, 3.05) is 4.90 Å². The highest BCUT2D eigenvalue weighted by Gasteiger charge is 2.20. The normalized spacial score (nSPS) is 11.6. The molecule has 0 atom stereocenters. The van der Waals surface area contributed by atoms with Gasteiger partial charge in [0.2, 0.25) is 0 Å². The standard InChI is InChI=1S/C58H38N2S/c1-2-20-47-40(14-1)15-13-25-48(47)42-17-12-18-45(37-42)59(54-26-7-3-21-49(54)43-32-35-53-52-24-6-10-29-57(52)61-58(53)38-43)44-33-30-39(31-34-44)41-16-11-19-46(36-41)60-55-27-8-4-22-50(55)51-23-5-9-28-56(51)60/h1-38H. The molecule has 0 saturated heterocycles. The average molecular weight is 795 g/mol. The summed E-state index contributed by atoms with van der Waals surface area (Å²) in [5.74, 6) is 0. The minimum atomic E-state index is 1.09. The van der Waals surface area contributed by atoms with Crippen molar-refractivity contribution in [1.29, 1.82) is 0 Å². The van der Waals surface area contributed by atoms with Crippen molar-refractivity contribution in [3.05, 3.63) is 231 Å². The zero-order chi connectivity index (χ0) is 40.3. The Bertz CT molecular complexity index is 3550. The Morgan fingerprint density at radius 1 is 0.328 bits per heavy atom. The summed E-state index contributed by atoms with van der Waals surface area (Å²) >= 11 is 1.86. The fourth-order valence-electron chi connectivity index (χ4n) is 9.35. The lowest BCUT2D eigenvalue weighted by molar-refractivity contribution is 1.18. The molecule has 3 heteroatoms. The fourth-order valence-corrected chi connectivity index (χ4v) is 10.5. The van der Waals surface area contributed by atoms with E-state index in [0.717, 1.165) is 22.7 Å². The van der Waals surface area contributed by atoms with Gasteiger partial charge in [0.1, 0.15) is 0 Å². The number of aromatic nitrogens is 1. The number of hydrogen-bond donors (Lipinski definition) is 0. The van der Waals surface area contributed by atoms with Gasteiger partial charge in [0.15, 0.2) is 0 Å². The number of rotatable bonds is 7. The van der Waals surface area contributed by atoms with E-state index in [-0.39, 0.29) is 0 Å². The van der Waals surface area contributed by atoms with Gasteiger partial charge in [0.05, 0.1) is 16.7 Å². The quantitative estimate of drug-likeness (QED) is 0.156. The first-order chi connectivity index (χ1) is 30.2. The van der Waals surface area contributed by atoms with Crippen molar-refractivity contribution in [2.45, 2.75) is 0 Å². The third kappa shape index (κ3) is 6.01. The van der Waals surface area contributed by atoms with Crippen LogP contribution in [-0.2, 0) is 0 Å². The van der Waals surface area contributed by atoms with Gasteiger partial charge >= 0.3 is 0 Å². The molecule has 10 aromatic carbocycles. The summed E-state index contributed by atoms with van der Waals surface area (Å²) in [6, 6.07) is 84.2. The summed E-state index contributed by atoms with van der Waals surface area (Å²) < 4.78 is 5.00. The molecule has 0 unspecified atom stereocenters. The van der Waals surface area contributed by atoms with E-state index in [1.165, 1.54) is 86.1 Å². The van der Waals surface area contributed by atoms with E-state index in [1.54, 1.807) is 0 Å². The largest absolute Gasteiger partial charge is 0.310 e. The van der Waals surface area contributed by atoms with Crippen LogP contribution in [0.3, 0.4) is 0 Å². The van der Waals surface area contributed by atoms with Crippen LogP contribution in [0.15, 0.2) is 231 Å². The molecule has 0 amide bonds. The summed E-state index contributed by atoms with van der Waals surface area (Å²) in [7, 11) is 0. The van der Waals surface area contributed by atoms with Crippen molar-refractivity contribution in [1.82, 2.24) is 4.57 Å². The molecule has 0 N–H and O–H groups in total. The number of thiophene rings is 1. The number of nitrogens with zero attached hydrogens (tertiary/aromatic N) is 2. The lowest BCUT2D eigenvalue weighted by Gasteiger charge is -2.28. The van der Waals surface area contributed by atoms with Gasteiger partial charge in [-0.25, -0.2) is 0 Å². The molecule has 0 fully saturated rings. The SMILES string of the molecule is c1cc(-c2cccc3ccccc23)cc(N(c2ccc(-c3cccc(-n4c5ccccc5c5ccccc54)c3)cc2)c2ccccc2-c2ccc3c(c2)sc2ccccc23)c1. The Morgan fingerprint density at radius 2 is 0.918 bits per heavy atom. The van der Waals surface area contributed by atoms with Gasteiger partial charge in [-0.2, -0.15) is 0 Å². The smallest absolute Gasteiger partial charge is 0.0541 e. The summed E-state index contributed by atoms with van der Waals surface area (Å²) in [5.41, 5.74) is 14.0. The van der Waals surface area contributed by atoms with E-state index in [0.29, 0.717) is 0 Å².